The van der Waals surface area contributed by atoms with Crippen molar-refractivity contribution in [1.29, 1.82) is 0 Å². The van der Waals surface area contributed by atoms with Crippen LogP contribution in [0.15, 0.2) is 89.8 Å². The molecule has 0 aliphatic carbocycles. The van der Waals surface area contributed by atoms with E-state index in [1.54, 1.807) is 33.8 Å². The molecule has 0 unspecified atom stereocenters. The van der Waals surface area contributed by atoms with Crippen LogP contribution in [-0.2, 0) is 14.6 Å². The Morgan fingerprint density at radius 1 is 0.938 bits per heavy atom. The van der Waals surface area contributed by atoms with Crippen LogP contribution in [0.25, 0.3) is 16.9 Å². The summed E-state index contributed by atoms with van der Waals surface area (Å²) in [5.41, 5.74) is 2.79. The first-order chi connectivity index (χ1) is 15.2. The minimum Gasteiger partial charge on any atom is -0.274 e. The van der Waals surface area contributed by atoms with Crippen molar-refractivity contribution in [2.45, 2.75) is 11.8 Å². The van der Waals surface area contributed by atoms with E-state index in [0.29, 0.717) is 27.9 Å². The lowest BCUT2D eigenvalue weighted by Crippen LogP contribution is -2.25. The topological polar surface area (TPSA) is 72.3 Å². The molecule has 0 fully saturated rings. The van der Waals surface area contributed by atoms with Crippen molar-refractivity contribution < 1.29 is 13.2 Å². The van der Waals surface area contributed by atoms with E-state index in [2.05, 4.69) is 0 Å². The maximum absolute atomic E-state index is 12.7. The molecule has 6 nitrogen and oxygen atoms in total. The zero-order valence-corrected chi connectivity index (χ0v) is 19.0. The lowest BCUT2D eigenvalue weighted by atomic mass is 10.1. The summed E-state index contributed by atoms with van der Waals surface area (Å²) >= 11 is 6.03. The third-order valence-electron chi connectivity index (χ3n) is 4.90. The van der Waals surface area contributed by atoms with Crippen molar-refractivity contribution in [3.8, 4) is 16.9 Å². The zero-order chi connectivity index (χ0) is 22.9. The maximum Gasteiger partial charge on any atom is 0.229 e. The van der Waals surface area contributed by atoms with Crippen LogP contribution in [0.3, 0.4) is 0 Å². The highest BCUT2D eigenvalue weighted by Crippen LogP contribution is 2.32. The predicted octanol–water partition coefficient (Wildman–Crippen LogP) is 5.28. The molecule has 162 valence electrons. The predicted molar refractivity (Wildman–Crippen MR) is 126 cm³/mol. The largest absolute Gasteiger partial charge is 0.274 e. The number of sulfone groups is 1. The standard InChI is InChI=1S/C24H20ClN3O3S/c1-17(29)27(20-6-4-3-5-7-20)24-16-23(18-8-10-19(25)11-9-18)26-28(24)21-12-14-22(15-13-21)32(2,30)31/h3-16H,1-2H3. The molecule has 1 heterocycles. The van der Waals surface area contributed by atoms with Gasteiger partial charge >= 0.3 is 0 Å². The number of carbonyl (C=O) groups excluding carboxylic acids is 1. The van der Waals surface area contributed by atoms with Gasteiger partial charge < -0.3 is 0 Å². The van der Waals surface area contributed by atoms with Gasteiger partial charge in [0.2, 0.25) is 5.91 Å². The van der Waals surface area contributed by atoms with Crippen LogP contribution in [0.2, 0.25) is 5.02 Å². The fourth-order valence-corrected chi connectivity index (χ4v) is 4.13. The van der Waals surface area contributed by atoms with Gasteiger partial charge in [0.1, 0.15) is 5.82 Å². The summed E-state index contributed by atoms with van der Waals surface area (Å²) in [4.78, 5) is 14.5. The summed E-state index contributed by atoms with van der Waals surface area (Å²) in [5, 5.41) is 5.34. The van der Waals surface area contributed by atoms with Crippen LogP contribution in [0, 0.1) is 0 Å². The van der Waals surface area contributed by atoms with Crippen LogP contribution in [0.1, 0.15) is 6.92 Å². The number of halogens is 1. The van der Waals surface area contributed by atoms with Crippen molar-refractivity contribution >= 4 is 38.9 Å². The Hall–Kier alpha value is -3.42. The van der Waals surface area contributed by atoms with E-state index in [-0.39, 0.29) is 10.8 Å². The highest BCUT2D eigenvalue weighted by Gasteiger charge is 2.22. The Morgan fingerprint density at radius 2 is 1.56 bits per heavy atom. The third kappa shape index (κ3) is 4.44. The monoisotopic (exact) mass is 465 g/mol. The van der Waals surface area contributed by atoms with E-state index in [0.717, 1.165) is 11.8 Å². The SMILES string of the molecule is CC(=O)N(c1ccccc1)c1cc(-c2ccc(Cl)cc2)nn1-c1ccc(S(C)(=O)=O)cc1. The van der Waals surface area contributed by atoms with Crippen molar-refractivity contribution in [1.82, 2.24) is 9.78 Å². The number of benzene rings is 3. The van der Waals surface area contributed by atoms with Crippen LogP contribution in [0.4, 0.5) is 11.5 Å². The number of amides is 1. The van der Waals surface area contributed by atoms with Gasteiger partial charge in [0.05, 0.1) is 22.0 Å². The third-order valence-corrected chi connectivity index (χ3v) is 6.28. The molecule has 1 aromatic heterocycles. The van der Waals surface area contributed by atoms with E-state index in [1.165, 1.54) is 19.1 Å². The molecule has 4 rings (SSSR count). The van der Waals surface area contributed by atoms with Crippen molar-refractivity contribution in [2.24, 2.45) is 0 Å². The van der Waals surface area contributed by atoms with Crippen LogP contribution < -0.4 is 4.90 Å². The fraction of sp³-hybridized carbons (Fsp3) is 0.0833. The second-order valence-electron chi connectivity index (χ2n) is 7.26. The van der Waals surface area contributed by atoms with E-state index < -0.39 is 9.84 Å². The molecule has 0 atom stereocenters. The maximum atomic E-state index is 12.7. The van der Waals surface area contributed by atoms with E-state index in [1.807, 2.05) is 48.5 Å². The molecule has 1 amide bonds. The van der Waals surface area contributed by atoms with E-state index in [4.69, 9.17) is 16.7 Å². The lowest BCUT2D eigenvalue weighted by Gasteiger charge is -2.22. The summed E-state index contributed by atoms with van der Waals surface area (Å²) < 4.78 is 25.4. The number of hydrogen-bond donors (Lipinski definition) is 0. The van der Waals surface area contributed by atoms with Crippen molar-refractivity contribution in [3.63, 3.8) is 0 Å². The number of aromatic nitrogens is 2. The van der Waals surface area contributed by atoms with Crippen LogP contribution in [-0.4, -0.2) is 30.4 Å². The van der Waals surface area contributed by atoms with Gasteiger partial charge in [0, 0.05) is 29.8 Å². The number of nitrogens with zero attached hydrogens (tertiary/aromatic N) is 3. The first-order valence-electron chi connectivity index (χ1n) is 9.76. The van der Waals surface area contributed by atoms with Crippen LogP contribution in [0.5, 0.6) is 0 Å². The molecule has 0 aliphatic heterocycles. The molecule has 0 N–H and O–H groups in total. The van der Waals surface area contributed by atoms with Crippen molar-refractivity contribution in [2.75, 3.05) is 11.2 Å². The molecule has 0 radical (unpaired) electrons. The number of rotatable bonds is 5. The Labute approximate surface area is 191 Å². The molecular weight excluding hydrogens is 446 g/mol. The lowest BCUT2D eigenvalue weighted by molar-refractivity contribution is -0.115. The Balaban J connectivity index is 1.91. The van der Waals surface area contributed by atoms with Gasteiger partial charge in [-0.05, 0) is 48.5 Å². The summed E-state index contributed by atoms with van der Waals surface area (Å²) in [6.45, 7) is 1.49. The summed E-state index contributed by atoms with van der Waals surface area (Å²) in [7, 11) is -3.33. The number of hydrogen-bond acceptors (Lipinski definition) is 4. The Morgan fingerprint density at radius 3 is 2.12 bits per heavy atom. The minimum atomic E-state index is -3.33. The van der Waals surface area contributed by atoms with E-state index >= 15 is 0 Å². The molecule has 0 saturated heterocycles. The Bertz CT molecular complexity index is 1360. The second kappa shape index (κ2) is 8.61. The summed E-state index contributed by atoms with van der Waals surface area (Å²) in [6, 6.07) is 24.7. The van der Waals surface area contributed by atoms with E-state index in [9.17, 15) is 13.2 Å². The molecule has 0 aliphatic rings. The van der Waals surface area contributed by atoms with Gasteiger partial charge in [0.15, 0.2) is 9.84 Å². The van der Waals surface area contributed by atoms with Gasteiger partial charge in [-0.1, -0.05) is 41.9 Å². The first kappa shape index (κ1) is 21.8. The molecule has 0 bridgehead atoms. The number of para-hydroxylation sites is 1. The summed E-state index contributed by atoms with van der Waals surface area (Å²) in [5.74, 6) is 0.341. The number of anilines is 2. The molecular formula is C24H20ClN3O3S. The fourth-order valence-electron chi connectivity index (χ4n) is 3.37. The van der Waals surface area contributed by atoms with Gasteiger partial charge in [0.25, 0.3) is 0 Å². The van der Waals surface area contributed by atoms with Crippen LogP contribution >= 0.6 is 11.6 Å². The molecule has 8 heteroatoms. The van der Waals surface area contributed by atoms with Crippen molar-refractivity contribution in [3.05, 3.63) is 90.0 Å². The normalized spacial score (nSPS) is 11.3. The van der Waals surface area contributed by atoms with Gasteiger partial charge in [-0.3, -0.25) is 9.69 Å². The number of carbonyl (C=O) groups is 1. The minimum absolute atomic E-state index is 0.187. The van der Waals surface area contributed by atoms with Gasteiger partial charge in [-0.15, -0.1) is 0 Å². The highest BCUT2D eigenvalue weighted by atomic mass is 35.5. The average Bonchev–Trinajstić information content (AvgIpc) is 3.19. The molecule has 0 saturated carbocycles. The average molecular weight is 466 g/mol. The van der Waals surface area contributed by atoms with Gasteiger partial charge in [-0.25, -0.2) is 13.1 Å². The second-order valence-corrected chi connectivity index (χ2v) is 9.71. The molecule has 3 aromatic carbocycles. The Kier molecular flexibility index (Phi) is 5.86. The molecule has 0 spiro atoms. The molecule has 32 heavy (non-hydrogen) atoms. The highest BCUT2D eigenvalue weighted by molar-refractivity contribution is 7.90. The first-order valence-corrected chi connectivity index (χ1v) is 12.0. The molecule has 4 aromatic rings. The van der Waals surface area contributed by atoms with Gasteiger partial charge in [-0.2, -0.15) is 5.10 Å². The smallest absolute Gasteiger partial charge is 0.229 e. The summed E-state index contributed by atoms with van der Waals surface area (Å²) in [6.07, 6.45) is 1.16. The zero-order valence-electron chi connectivity index (χ0n) is 17.4. The quantitative estimate of drug-likeness (QED) is 0.402.